The van der Waals surface area contributed by atoms with Crippen LogP contribution in [0.25, 0.3) is 0 Å². The summed E-state index contributed by atoms with van der Waals surface area (Å²) in [6.07, 6.45) is 1.98. The summed E-state index contributed by atoms with van der Waals surface area (Å²) in [5.74, 6) is 0.0608. The molecule has 0 heterocycles. The molecule has 0 aliphatic rings. The van der Waals surface area contributed by atoms with Crippen LogP contribution in [-0.2, 0) is 4.79 Å². The minimum absolute atomic E-state index is 0.0250. The molecule has 25 heavy (non-hydrogen) atoms. The summed E-state index contributed by atoms with van der Waals surface area (Å²) < 4.78 is 6.00. The van der Waals surface area contributed by atoms with Crippen LogP contribution in [0.2, 0.25) is 0 Å². The summed E-state index contributed by atoms with van der Waals surface area (Å²) in [5.41, 5.74) is 3.78. The molecule has 132 valence electrons. The number of hydrazone groups is 1. The van der Waals surface area contributed by atoms with Crippen LogP contribution < -0.4 is 15.5 Å². The molecule has 6 nitrogen and oxygen atoms in total. The van der Waals surface area contributed by atoms with Crippen molar-refractivity contribution in [1.82, 2.24) is 5.43 Å². The van der Waals surface area contributed by atoms with Gasteiger partial charge in [0.25, 0.3) is 5.91 Å². The van der Waals surface area contributed by atoms with Crippen molar-refractivity contribution >= 4 is 33.7 Å². The first-order chi connectivity index (χ1) is 12.0. The third-order valence-electron chi connectivity index (χ3n) is 3.54. The Morgan fingerprint density at radius 2 is 2.04 bits per heavy atom. The number of methoxy groups -OCH3 is 1. The first-order valence-corrected chi connectivity index (χ1v) is 8.55. The van der Waals surface area contributed by atoms with Crippen molar-refractivity contribution in [2.45, 2.75) is 19.4 Å². The second-order valence-electron chi connectivity index (χ2n) is 5.24. The van der Waals surface area contributed by atoms with E-state index in [0.717, 1.165) is 10.2 Å². The largest absolute Gasteiger partial charge is 0.504 e. The number of benzene rings is 2. The Morgan fingerprint density at radius 3 is 2.68 bits per heavy atom. The van der Waals surface area contributed by atoms with Gasteiger partial charge in [-0.2, -0.15) is 5.10 Å². The Kier molecular flexibility index (Phi) is 6.82. The van der Waals surface area contributed by atoms with Gasteiger partial charge in [0.2, 0.25) is 0 Å². The first kappa shape index (κ1) is 18.8. The number of phenols is 1. The first-order valence-electron chi connectivity index (χ1n) is 7.76. The van der Waals surface area contributed by atoms with Crippen molar-refractivity contribution < 1.29 is 14.6 Å². The van der Waals surface area contributed by atoms with Crippen molar-refractivity contribution in [3.05, 3.63) is 52.5 Å². The average molecular weight is 406 g/mol. The molecule has 0 fully saturated rings. The molecule has 0 saturated heterocycles. The highest BCUT2D eigenvalue weighted by molar-refractivity contribution is 9.10. The van der Waals surface area contributed by atoms with Crippen LogP contribution in [0.4, 0.5) is 5.69 Å². The number of halogens is 1. The maximum absolute atomic E-state index is 12.3. The van der Waals surface area contributed by atoms with Gasteiger partial charge in [0, 0.05) is 15.7 Å². The van der Waals surface area contributed by atoms with E-state index < -0.39 is 6.04 Å². The van der Waals surface area contributed by atoms with Gasteiger partial charge in [-0.25, -0.2) is 5.43 Å². The third kappa shape index (κ3) is 5.22. The van der Waals surface area contributed by atoms with Crippen molar-refractivity contribution in [3.63, 3.8) is 0 Å². The van der Waals surface area contributed by atoms with E-state index in [0.29, 0.717) is 17.7 Å². The van der Waals surface area contributed by atoms with Gasteiger partial charge in [-0.1, -0.05) is 28.9 Å². The number of nitrogens with one attached hydrogen (secondary N) is 2. The second-order valence-corrected chi connectivity index (χ2v) is 6.16. The normalized spacial score (nSPS) is 12.0. The molecule has 0 unspecified atom stereocenters. The van der Waals surface area contributed by atoms with E-state index in [9.17, 15) is 9.90 Å². The van der Waals surface area contributed by atoms with Crippen LogP contribution in [0.1, 0.15) is 18.9 Å². The van der Waals surface area contributed by atoms with Gasteiger partial charge in [0.05, 0.1) is 13.3 Å². The number of aromatic hydroxyl groups is 1. The van der Waals surface area contributed by atoms with Gasteiger partial charge in [-0.3, -0.25) is 4.79 Å². The zero-order chi connectivity index (χ0) is 18.2. The van der Waals surface area contributed by atoms with Crippen LogP contribution in [0.5, 0.6) is 11.5 Å². The summed E-state index contributed by atoms with van der Waals surface area (Å²) in [5, 5.41) is 17.1. The number of amides is 1. The summed E-state index contributed by atoms with van der Waals surface area (Å²) in [6.45, 7) is 1.91. The second kappa shape index (κ2) is 9.08. The lowest BCUT2D eigenvalue weighted by molar-refractivity contribution is -0.121. The maximum atomic E-state index is 12.3. The molecule has 3 N–H and O–H groups in total. The van der Waals surface area contributed by atoms with Crippen LogP contribution >= 0.6 is 15.9 Å². The summed E-state index contributed by atoms with van der Waals surface area (Å²) in [4.78, 5) is 12.3. The molecule has 0 aromatic heterocycles. The minimum atomic E-state index is -0.419. The topological polar surface area (TPSA) is 83.0 Å². The number of phenolic OH excluding ortho intramolecular Hbond substituents is 1. The van der Waals surface area contributed by atoms with Gasteiger partial charge in [-0.05, 0) is 42.8 Å². The number of hydrogen-bond donors (Lipinski definition) is 3. The molecule has 2 aromatic carbocycles. The van der Waals surface area contributed by atoms with E-state index >= 15 is 0 Å². The monoisotopic (exact) mass is 405 g/mol. The Hall–Kier alpha value is -2.54. The Morgan fingerprint density at radius 1 is 1.32 bits per heavy atom. The number of nitrogens with zero attached hydrogens (tertiary/aromatic N) is 1. The molecule has 0 saturated carbocycles. The van der Waals surface area contributed by atoms with E-state index in [-0.39, 0.29) is 11.7 Å². The molecule has 0 aliphatic carbocycles. The lowest BCUT2D eigenvalue weighted by Gasteiger charge is -2.16. The average Bonchev–Trinajstić information content (AvgIpc) is 2.62. The van der Waals surface area contributed by atoms with Gasteiger partial charge in [0.1, 0.15) is 6.04 Å². The number of carbonyl (C=O) groups is 1. The summed E-state index contributed by atoms with van der Waals surface area (Å²) >= 11 is 3.37. The number of hydrogen-bond acceptors (Lipinski definition) is 5. The van der Waals surface area contributed by atoms with Gasteiger partial charge < -0.3 is 15.2 Å². The molecule has 0 bridgehead atoms. The van der Waals surface area contributed by atoms with Gasteiger partial charge in [-0.15, -0.1) is 0 Å². The fourth-order valence-electron chi connectivity index (χ4n) is 2.15. The third-order valence-corrected chi connectivity index (χ3v) is 4.07. The number of rotatable bonds is 7. The summed E-state index contributed by atoms with van der Waals surface area (Å²) in [7, 11) is 1.47. The standard InChI is InChI=1S/C18H20BrN3O3/c1-3-15(21-14-9-7-13(19)8-10-14)18(24)22-20-11-12-5-4-6-16(25-2)17(12)23/h4-11,15,21,23H,3H2,1-2H3,(H,22,24)/b20-11+/t15-/m1/s1. The predicted octanol–water partition coefficient (Wildman–Crippen LogP) is 3.50. The SMILES string of the molecule is CC[C@@H](Nc1ccc(Br)cc1)C(=O)N/N=C/c1cccc(OC)c1O. The van der Waals surface area contributed by atoms with Gasteiger partial charge in [0.15, 0.2) is 11.5 Å². The minimum Gasteiger partial charge on any atom is -0.504 e. The Labute approximate surface area is 155 Å². The highest BCUT2D eigenvalue weighted by Gasteiger charge is 2.15. The molecule has 7 heteroatoms. The van der Waals surface area contributed by atoms with Crippen molar-refractivity contribution in [3.8, 4) is 11.5 Å². The van der Waals surface area contributed by atoms with Crippen LogP contribution in [0, 0.1) is 0 Å². The zero-order valence-corrected chi connectivity index (χ0v) is 15.6. The zero-order valence-electron chi connectivity index (χ0n) is 14.0. The lowest BCUT2D eigenvalue weighted by Crippen LogP contribution is -2.36. The van der Waals surface area contributed by atoms with Crippen LogP contribution in [0.3, 0.4) is 0 Å². The molecule has 2 rings (SSSR count). The van der Waals surface area contributed by atoms with E-state index in [2.05, 4.69) is 31.8 Å². The van der Waals surface area contributed by atoms with Crippen LogP contribution in [-0.4, -0.2) is 30.4 Å². The highest BCUT2D eigenvalue weighted by Crippen LogP contribution is 2.27. The number of ether oxygens (including phenoxy) is 1. The fraction of sp³-hybridized carbons (Fsp3) is 0.222. The van der Waals surface area contributed by atoms with E-state index in [4.69, 9.17) is 4.74 Å². The van der Waals surface area contributed by atoms with E-state index in [1.54, 1.807) is 18.2 Å². The van der Waals surface area contributed by atoms with Crippen molar-refractivity contribution in [2.24, 2.45) is 5.10 Å². The van der Waals surface area contributed by atoms with Crippen molar-refractivity contribution in [2.75, 3.05) is 12.4 Å². The molecule has 1 atom stereocenters. The molecular weight excluding hydrogens is 386 g/mol. The predicted molar refractivity (Wildman–Crippen MR) is 102 cm³/mol. The maximum Gasteiger partial charge on any atom is 0.262 e. The summed E-state index contributed by atoms with van der Waals surface area (Å²) in [6, 6.07) is 12.2. The molecule has 0 spiro atoms. The Bertz CT molecular complexity index is 748. The molecule has 1 amide bonds. The molecule has 0 radical (unpaired) electrons. The molecule has 0 aliphatic heterocycles. The van der Waals surface area contributed by atoms with Crippen molar-refractivity contribution in [1.29, 1.82) is 0 Å². The quantitative estimate of drug-likeness (QED) is 0.486. The number of anilines is 1. The van der Waals surface area contributed by atoms with Crippen LogP contribution in [0.15, 0.2) is 52.0 Å². The van der Waals surface area contributed by atoms with E-state index in [1.165, 1.54) is 13.3 Å². The Balaban J connectivity index is 1.98. The molecular formula is C18H20BrN3O3. The number of carbonyl (C=O) groups excluding carboxylic acids is 1. The molecule has 2 aromatic rings. The number of para-hydroxylation sites is 1. The lowest BCUT2D eigenvalue weighted by atomic mass is 10.2. The van der Waals surface area contributed by atoms with Gasteiger partial charge >= 0.3 is 0 Å². The fourth-order valence-corrected chi connectivity index (χ4v) is 2.42. The highest BCUT2D eigenvalue weighted by atomic mass is 79.9. The smallest absolute Gasteiger partial charge is 0.262 e. The van der Waals surface area contributed by atoms with E-state index in [1.807, 2.05) is 31.2 Å².